The van der Waals surface area contributed by atoms with Crippen molar-refractivity contribution < 1.29 is 4.90 Å². The van der Waals surface area contributed by atoms with Crippen molar-refractivity contribution in [1.29, 1.82) is 0 Å². The van der Waals surface area contributed by atoms with Gasteiger partial charge >= 0.3 is 0 Å². The third-order valence-electron chi connectivity index (χ3n) is 2.04. The fourth-order valence-corrected chi connectivity index (χ4v) is 1.19. The molecule has 0 spiro atoms. The lowest BCUT2D eigenvalue weighted by Crippen LogP contribution is -3.14. The minimum atomic E-state index is 0.647. The van der Waals surface area contributed by atoms with Crippen molar-refractivity contribution in [3.05, 3.63) is 7.05 Å². The molecular weight excluding hydrogens is 136 g/mol. The van der Waals surface area contributed by atoms with Gasteiger partial charge in [0.1, 0.15) is 0 Å². The summed E-state index contributed by atoms with van der Waals surface area (Å²) in [4.78, 5) is 1.40. The first-order chi connectivity index (χ1) is 5.20. The van der Waals surface area contributed by atoms with Gasteiger partial charge in [0.2, 0.25) is 0 Å². The standard InChI is InChI=1S/C7H16N2.C2H6/c1-6-5-9(3)7(2)4-8-6;1-2/h6-9H,3-5H2,1-2H3;1-2H3. The van der Waals surface area contributed by atoms with Gasteiger partial charge in [-0.3, -0.25) is 0 Å². The second-order valence-electron chi connectivity index (χ2n) is 3.07. The monoisotopic (exact) mass is 158 g/mol. The lowest BCUT2D eigenvalue weighted by atomic mass is 10.2. The molecule has 1 aliphatic rings. The summed E-state index contributed by atoms with van der Waals surface area (Å²) < 4.78 is 0. The second kappa shape index (κ2) is 5.56. The Morgan fingerprint density at radius 1 is 1.36 bits per heavy atom. The van der Waals surface area contributed by atoms with Crippen molar-refractivity contribution in [3.8, 4) is 0 Å². The Bertz CT molecular complexity index is 93.6. The predicted octanol–water partition coefficient (Wildman–Crippen LogP) is 0.0693. The van der Waals surface area contributed by atoms with E-state index in [4.69, 9.17) is 0 Å². The van der Waals surface area contributed by atoms with Gasteiger partial charge in [0.05, 0.1) is 18.6 Å². The summed E-state index contributed by atoms with van der Waals surface area (Å²) >= 11 is 0. The molecule has 0 radical (unpaired) electrons. The quantitative estimate of drug-likeness (QED) is 0.477. The molecule has 3 atom stereocenters. The maximum absolute atomic E-state index is 4.01. The van der Waals surface area contributed by atoms with Gasteiger partial charge in [-0.1, -0.05) is 13.8 Å². The van der Waals surface area contributed by atoms with Gasteiger partial charge in [-0.2, -0.15) is 7.05 Å². The highest BCUT2D eigenvalue weighted by atomic mass is 15.2. The highest BCUT2D eigenvalue weighted by Crippen LogP contribution is 1.84. The van der Waals surface area contributed by atoms with E-state index in [2.05, 4.69) is 26.2 Å². The van der Waals surface area contributed by atoms with Crippen molar-refractivity contribution in [3.63, 3.8) is 0 Å². The van der Waals surface area contributed by atoms with E-state index in [1.54, 1.807) is 0 Å². The van der Waals surface area contributed by atoms with Crippen LogP contribution in [0.15, 0.2) is 0 Å². The third-order valence-corrected chi connectivity index (χ3v) is 2.04. The summed E-state index contributed by atoms with van der Waals surface area (Å²) in [5, 5.41) is 3.40. The third kappa shape index (κ3) is 3.73. The van der Waals surface area contributed by atoms with E-state index in [0.29, 0.717) is 12.1 Å². The number of rotatable bonds is 0. The van der Waals surface area contributed by atoms with Crippen LogP contribution in [0.25, 0.3) is 0 Å². The highest BCUT2D eigenvalue weighted by molar-refractivity contribution is 4.66. The van der Waals surface area contributed by atoms with Gasteiger partial charge in [0, 0.05) is 6.54 Å². The van der Waals surface area contributed by atoms with Crippen LogP contribution in [0.2, 0.25) is 0 Å². The van der Waals surface area contributed by atoms with Crippen LogP contribution >= 0.6 is 0 Å². The fraction of sp³-hybridized carbons (Fsp3) is 0.889. The van der Waals surface area contributed by atoms with Crippen molar-refractivity contribution in [2.45, 2.75) is 39.8 Å². The van der Waals surface area contributed by atoms with E-state index < -0.39 is 0 Å². The molecule has 0 aromatic carbocycles. The Morgan fingerprint density at radius 3 is 2.27 bits per heavy atom. The van der Waals surface area contributed by atoms with Crippen LogP contribution in [0.4, 0.5) is 0 Å². The summed E-state index contributed by atoms with van der Waals surface area (Å²) in [6.45, 7) is 10.7. The molecule has 1 saturated heterocycles. The van der Waals surface area contributed by atoms with Crippen LogP contribution in [0.3, 0.4) is 0 Å². The largest absolute Gasteiger partial charge is 0.463 e. The molecule has 0 bridgehead atoms. The zero-order valence-electron chi connectivity index (χ0n) is 8.28. The lowest BCUT2D eigenvalue weighted by molar-refractivity contribution is -0.883. The summed E-state index contributed by atoms with van der Waals surface area (Å²) in [5.41, 5.74) is 0. The second-order valence-corrected chi connectivity index (χ2v) is 3.07. The molecule has 0 aliphatic carbocycles. The van der Waals surface area contributed by atoms with Crippen LogP contribution in [0.5, 0.6) is 0 Å². The van der Waals surface area contributed by atoms with Gasteiger partial charge in [-0.05, 0) is 13.8 Å². The maximum Gasteiger partial charge on any atom is 0.0733 e. The average Bonchev–Trinajstić information content (AvgIpc) is 2.02. The summed E-state index contributed by atoms with van der Waals surface area (Å²) in [6, 6.07) is 1.33. The smallest absolute Gasteiger partial charge is 0.0733 e. The van der Waals surface area contributed by atoms with E-state index in [-0.39, 0.29) is 0 Å². The molecule has 1 rings (SSSR count). The molecule has 0 saturated carbocycles. The molecule has 0 aromatic rings. The zero-order chi connectivity index (χ0) is 8.85. The van der Waals surface area contributed by atoms with E-state index in [9.17, 15) is 0 Å². The molecule has 1 aliphatic heterocycles. The minimum absolute atomic E-state index is 0.647. The molecule has 2 N–H and O–H groups in total. The number of piperazine rings is 1. The van der Waals surface area contributed by atoms with E-state index >= 15 is 0 Å². The summed E-state index contributed by atoms with van der Waals surface area (Å²) in [5.74, 6) is 0. The highest BCUT2D eigenvalue weighted by Gasteiger charge is 2.17. The number of hydrogen-bond acceptors (Lipinski definition) is 1. The molecule has 2 nitrogen and oxygen atoms in total. The number of quaternary nitrogens is 1. The summed E-state index contributed by atoms with van der Waals surface area (Å²) in [7, 11) is 4.01. The molecule has 0 aromatic heterocycles. The van der Waals surface area contributed by atoms with Gasteiger partial charge in [-0.15, -0.1) is 0 Å². The SMILES string of the molecule is CC.[CH2-][NH+]1CC(C)NCC1C. The summed E-state index contributed by atoms with van der Waals surface area (Å²) in [6.07, 6.45) is 0. The molecule has 0 amide bonds. The van der Waals surface area contributed by atoms with Crippen LogP contribution in [0, 0.1) is 7.05 Å². The van der Waals surface area contributed by atoms with Crippen LogP contribution in [-0.4, -0.2) is 25.2 Å². The fourth-order valence-electron chi connectivity index (χ4n) is 1.19. The molecule has 2 heteroatoms. The Morgan fingerprint density at radius 2 is 1.91 bits per heavy atom. The first-order valence-electron chi connectivity index (χ1n) is 4.61. The maximum atomic E-state index is 4.01. The van der Waals surface area contributed by atoms with Crippen LogP contribution < -0.4 is 10.2 Å². The van der Waals surface area contributed by atoms with Crippen LogP contribution in [-0.2, 0) is 0 Å². The van der Waals surface area contributed by atoms with Crippen molar-refractivity contribution in [2.24, 2.45) is 0 Å². The van der Waals surface area contributed by atoms with Gasteiger partial charge in [0.15, 0.2) is 0 Å². The zero-order valence-corrected chi connectivity index (χ0v) is 8.28. The Hall–Kier alpha value is -0.0800. The van der Waals surface area contributed by atoms with E-state index in [1.807, 2.05) is 13.8 Å². The van der Waals surface area contributed by atoms with Crippen molar-refractivity contribution in [1.82, 2.24) is 5.32 Å². The van der Waals surface area contributed by atoms with E-state index in [1.165, 1.54) is 4.90 Å². The molecule has 3 unspecified atom stereocenters. The first-order valence-corrected chi connectivity index (χ1v) is 4.61. The van der Waals surface area contributed by atoms with Gasteiger partial charge in [0.25, 0.3) is 0 Å². The Balaban J connectivity index is 0.000000461. The normalized spacial score (nSPS) is 37.4. The van der Waals surface area contributed by atoms with Gasteiger partial charge in [-0.25, -0.2) is 0 Å². The molecule has 11 heavy (non-hydrogen) atoms. The number of nitrogens with one attached hydrogen (secondary N) is 2. The molecule has 1 fully saturated rings. The van der Waals surface area contributed by atoms with Crippen molar-refractivity contribution >= 4 is 0 Å². The van der Waals surface area contributed by atoms with E-state index in [0.717, 1.165) is 13.1 Å². The minimum Gasteiger partial charge on any atom is -0.463 e. The molecular formula is C9H22N2. The first kappa shape index (κ1) is 10.9. The predicted molar refractivity (Wildman–Crippen MR) is 49.5 cm³/mol. The Labute approximate surface area is 71.0 Å². The van der Waals surface area contributed by atoms with Crippen molar-refractivity contribution in [2.75, 3.05) is 13.1 Å². The molecule has 68 valence electrons. The molecule has 1 heterocycles. The lowest BCUT2D eigenvalue weighted by Gasteiger charge is -2.36. The topological polar surface area (TPSA) is 16.5 Å². The average molecular weight is 158 g/mol. The number of hydrogen-bond donors (Lipinski definition) is 2. The van der Waals surface area contributed by atoms with Crippen LogP contribution in [0.1, 0.15) is 27.7 Å². The Kier molecular flexibility index (Phi) is 5.51. The van der Waals surface area contributed by atoms with Gasteiger partial charge < -0.3 is 10.2 Å².